The molecule has 0 aromatic heterocycles. The van der Waals surface area contributed by atoms with Crippen LogP contribution in [0.2, 0.25) is 0 Å². The van der Waals surface area contributed by atoms with Gasteiger partial charge in [-0.25, -0.2) is 9.18 Å². The van der Waals surface area contributed by atoms with Gasteiger partial charge in [0.15, 0.2) is 5.75 Å². The quantitative estimate of drug-likeness (QED) is 0.691. The lowest BCUT2D eigenvalue weighted by atomic mass is 10.2. The van der Waals surface area contributed by atoms with Gasteiger partial charge in [-0.3, -0.25) is 4.79 Å². The predicted molar refractivity (Wildman–Crippen MR) is 72.1 cm³/mol. The molecule has 20 heavy (non-hydrogen) atoms. The first-order chi connectivity index (χ1) is 9.58. The number of rotatable bonds is 3. The van der Waals surface area contributed by atoms with Crippen molar-refractivity contribution >= 4 is 17.6 Å². The van der Waals surface area contributed by atoms with Gasteiger partial charge in [0.1, 0.15) is 5.82 Å². The second kappa shape index (κ2) is 5.97. The van der Waals surface area contributed by atoms with Crippen molar-refractivity contribution in [2.45, 2.75) is 6.92 Å². The Morgan fingerprint density at radius 1 is 1.05 bits per heavy atom. The van der Waals surface area contributed by atoms with Crippen molar-refractivity contribution < 1.29 is 18.7 Å². The van der Waals surface area contributed by atoms with Gasteiger partial charge in [-0.2, -0.15) is 0 Å². The smallest absolute Gasteiger partial charge is 0.346 e. The van der Waals surface area contributed by atoms with E-state index in [0.29, 0.717) is 5.69 Å². The SMILES string of the molecule is CC(=O)Nc1ccccc1OC(=O)c1ccccc1F. The molecule has 0 bridgehead atoms. The Labute approximate surface area is 115 Å². The summed E-state index contributed by atoms with van der Waals surface area (Å²) in [6.07, 6.45) is 0. The fourth-order valence-corrected chi connectivity index (χ4v) is 1.63. The second-order valence-electron chi connectivity index (χ2n) is 4.05. The maximum Gasteiger partial charge on any atom is 0.346 e. The summed E-state index contributed by atoms with van der Waals surface area (Å²) in [5, 5.41) is 2.53. The van der Waals surface area contributed by atoms with Crippen LogP contribution in [0.3, 0.4) is 0 Å². The normalized spacial score (nSPS) is 9.90. The van der Waals surface area contributed by atoms with Gasteiger partial charge in [0, 0.05) is 6.92 Å². The monoisotopic (exact) mass is 273 g/mol. The molecule has 2 rings (SSSR count). The minimum Gasteiger partial charge on any atom is -0.421 e. The number of halogens is 1. The van der Waals surface area contributed by atoms with E-state index in [2.05, 4.69) is 5.32 Å². The average Bonchev–Trinajstić information content (AvgIpc) is 2.41. The number of anilines is 1. The van der Waals surface area contributed by atoms with Crippen LogP contribution < -0.4 is 10.1 Å². The first-order valence-electron chi connectivity index (χ1n) is 5.91. The van der Waals surface area contributed by atoms with Gasteiger partial charge in [0.25, 0.3) is 0 Å². The molecule has 0 spiro atoms. The zero-order chi connectivity index (χ0) is 14.5. The molecule has 0 aliphatic heterocycles. The standard InChI is InChI=1S/C15H12FNO3/c1-10(18)17-13-8-4-5-9-14(13)20-15(19)11-6-2-3-7-12(11)16/h2-9H,1H3,(H,17,18). The topological polar surface area (TPSA) is 55.4 Å². The van der Waals surface area contributed by atoms with E-state index < -0.39 is 11.8 Å². The summed E-state index contributed by atoms with van der Waals surface area (Å²) in [6, 6.07) is 12.0. The molecule has 1 N–H and O–H groups in total. The van der Waals surface area contributed by atoms with Crippen LogP contribution >= 0.6 is 0 Å². The summed E-state index contributed by atoms with van der Waals surface area (Å²) in [5.41, 5.74) is 0.190. The van der Waals surface area contributed by atoms with Crippen LogP contribution in [0.4, 0.5) is 10.1 Å². The number of hydrogen-bond acceptors (Lipinski definition) is 3. The van der Waals surface area contributed by atoms with Crippen LogP contribution in [0.25, 0.3) is 0 Å². The van der Waals surface area contributed by atoms with E-state index in [-0.39, 0.29) is 17.2 Å². The number of carbonyl (C=O) groups excluding carboxylic acids is 2. The molecule has 0 aliphatic rings. The van der Waals surface area contributed by atoms with Gasteiger partial charge >= 0.3 is 5.97 Å². The second-order valence-corrected chi connectivity index (χ2v) is 4.05. The van der Waals surface area contributed by atoms with Gasteiger partial charge in [-0.15, -0.1) is 0 Å². The molecular formula is C15H12FNO3. The molecule has 0 aliphatic carbocycles. The molecule has 0 atom stereocenters. The Balaban J connectivity index is 2.24. The fourth-order valence-electron chi connectivity index (χ4n) is 1.63. The van der Waals surface area contributed by atoms with Gasteiger partial charge < -0.3 is 10.1 Å². The predicted octanol–water partition coefficient (Wildman–Crippen LogP) is 3.00. The largest absolute Gasteiger partial charge is 0.421 e. The number of benzene rings is 2. The van der Waals surface area contributed by atoms with E-state index in [0.717, 1.165) is 0 Å². The van der Waals surface area contributed by atoms with E-state index in [1.807, 2.05) is 0 Å². The van der Waals surface area contributed by atoms with Crippen molar-refractivity contribution in [3.05, 3.63) is 59.9 Å². The highest BCUT2D eigenvalue weighted by Gasteiger charge is 2.15. The number of amides is 1. The zero-order valence-corrected chi connectivity index (χ0v) is 10.7. The van der Waals surface area contributed by atoms with Crippen LogP contribution in [0.15, 0.2) is 48.5 Å². The molecule has 0 unspecified atom stereocenters. The molecule has 2 aromatic rings. The minimum atomic E-state index is -0.819. The Hall–Kier alpha value is -2.69. The molecule has 102 valence electrons. The van der Waals surface area contributed by atoms with Crippen molar-refractivity contribution in [3.8, 4) is 5.75 Å². The zero-order valence-electron chi connectivity index (χ0n) is 10.7. The molecular weight excluding hydrogens is 261 g/mol. The summed E-state index contributed by atoms with van der Waals surface area (Å²) in [6.45, 7) is 1.34. The van der Waals surface area contributed by atoms with Crippen molar-refractivity contribution in [1.29, 1.82) is 0 Å². The lowest BCUT2D eigenvalue weighted by molar-refractivity contribution is -0.114. The number of nitrogens with one attached hydrogen (secondary N) is 1. The molecule has 0 heterocycles. The summed E-state index contributed by atoms with van der Waals surface area (Å²) >= 11 is 0. The van der Waals surface area contributed by atoms with Crippen LogP contribution in [0.5, 0.6) is 5.75 Å². The summed E-state index contributed by atoms with van der Waals surface area (Å²) < 4.78 is 18.6. The molecule has 0 radical (unpaired) electrons. The van der Waals surface area contributed by atoms with E-state index in [9.17, 15) is 14.0 Å². The number of hydrogen-bond donors (Lipinski definition) is 1. The highest BCUT2D eigenvalue weighted by atomic mass is 19.1. The molecule has 0 fully saturated rings. The first-order valence-corrected chi connectivity index (χ1v) is 5.91. The third-order valence-corrected chi connectivity index (χ3v) is 2.49. The van der Waals surface area contributed by atoms with Crippen LogP contribution in [0, 0.1) is 5.82 Å². The highest BCUT2D eigenvalue weighted by Crippen LogP contribution is 2.25. The highest BCUT2D eigenvalue weighted by molar-refractivity contribution is 5.94. The Morgan fingerprint density at radius 3 is 2.40 bits per heavy atom. The molecule has 2 aromatic carbocycles. The average molecular weight is 273 g/mol. The Kier molecular flexibility index (Phi) is 4.10. The lowest BCUT2D eigenvalue weighted by Gasteiger charge is -2.10. The number of para-hydroxylation sites is 2. The Bertz CT molecular complexity index is 655. The maximum atomic E-state index is 13.5. The molecule has 0 saturated carbocycles. The molecule has 0 saturated heterocycles. The van der Waals surface area contributed by atoms with Crippen molar-refractivity contribution in [3.63, 3.8) is 0 Å². The minimum absolute atomic E-state index is 0.162. The van der Waals surface area contributed by atoms with E-state index in [4.69, 9.17) is 4.74 Å². The fraction of sp³-hybridized carbons (Fsp3) is 0.0667. The third kappa shape index (κ3) is 3.20. The van der Waals surface area contributed by atoms with E-state index >= 15 is 0 Å². The van der Waals surface area contributed by atoms with Crippen LogP contribution in [-0.4, -0.2) is 11.9 Å². The summed E-state index contributed by atoms with van der Waals surface area (Å²) in [5.74, 6) is -1.61. The number of carbonyl (C=O) groups is 2. The number of ether oxygens (including phenoxy) is 1. The third-order valence-electron chi connectivity index (χ3n) is 2.49. The summed E-state index contributed by atoms with van der Waals surface area (Å²) in [7, 11) is 0. The first kappa shape index (κ1) is 13.7. The number of esters is 1. The molecule has 1 amide bonds. The van der Waals surface area contributed by atoms with Crippen molar-refractivity contribution in [1.82, 2.24) is 0 Å². The van der Waals surface area contributed by atoms with Crippen LogP contribution in [0.1, 0.15) is 17.3 Å². The van der Waals surface area contributed by atoms with E-state index in [1.54, 1.807) is 24.3 Å². The molecule has 5 heteroatoms. The van der Waals surface area contributed by atoms with Gasteiger partial charge in [-0.1, -0.05) is 24.3 Å². The van der Waals surface area contributed by atoms with Crippen LogP contribution in [-0.2, 0) is 4.79 Å². The lowest BCUT2D eigenvalue weighted by Crippen LogP contribution is -2.13. The van der Waals surface area contributed by atoms with Crippen molar-refractivity contribution in [2.75, 3.05) is 5.32 Å². The van der Waals surface area contributed by atoms with E-state index in [1.165, 1.54) is 31.2 Å². The molecule has 4 nitrogen and oxygen atoms in total. The maximum absolute atomic E-state index is 13.5. The Morgan fingerprint density at radius 2 is 1.70 bits per heavy atom. The van der Waals surface area contributed by atoms with Gasteiger partial charge in [0.2, 0.25) is 5.91 Å². The van der Waals surface area contributed by atoms with Gasteiger partial charge in [0.05, 0.1) is 11.3 Å². The van der Waals surface area contributed by atoms with Crippen molar-refractivity contribution in [2.24, 2.45) is 0 Å². The van der Waals surface area contributed by atoms with Gasteiger partial charge in [-0.05, 0) is 24.3 Å². The summed E-state index contributed by atoms with van der Waals surface area (Å²) in [4.78, 5) is 23.0.